The van der Waals surface area contributed by atoms with Crippen LogP contribution in [0.15, 0.2) is 24.5 Å². The number of aliphatic hydroxyl groups excluding tert-OH is 1. The number of amides is 2. The molecule has 176 valence electrons. The fourth-order valence-electron chi connectivity index (χ4n) is 6.51. The normalized spacial score (nSPS) is 36.1. The Morgan fingerprint density at radius 2 is 1.88 bits per heavy atom. The van der Waals surface area contributed by atoms with E-state index >= 15 is 0 Å². The quantitative estimate of drug-likeness (QED) is 0.746. The molecule has 2 N–H and O–H groups in total. The van der Waals surface area contributed by atoms with Gasteiger partial charge in [0.05, 0.1) is 19.3 Å². The molecule has 1 aromatic heterocycles. The fourth-order valence-corrected chi connectivity index (χ4v) is 6.51. The predicted octanol–water partition coefficient (Wildman–Crippen LogP) is 2.50. The molecule has 0 unspecified atom stereocenters. The second-order valence-corrected chi connectivity index (χ2v) is 10.3. The van der Waals surface area contributed by atoms with E-state index in [1.54, 1.807) is 24.5 Å². The number of nitrogens with zero attached hydrogens (tertiary/aromatic N) is 2. The average Bonchev–Trinajstić information content (AvgIpc) is 2.81. The van der Waals surface area contributed by atoms with E-state index in [2.05, 4.69) is 24.1 Å². The summed E-state index contributed by atoms with van der Waals surface area (Å²) < 4.78 is 5.39. The van der Waals surface area contributed by atoms with Gasteiger partial charge in [0, 0.05) is 43.0 Å². The van der Waals surface area contributed by atoms with Crippen molar-refractivity contribution >= 4 is 11.8 Å². The zero-order chi connectivity index (χ0) is 22.9. The molecule has 32 heavy (non-hydrogen) atoms. The van der Waals surface area contributed by atoms with Crippen molar-refractivity contribution in [2.24, 2.45) is 29.1 Å². The van der Waals surface area contributed by atoms with E-state index in [1.807, 2.05) is 11.8 Å². The van der Waals surface area contributed by atoms with Gasteiger partial charge in [0.25, 0.3) is 5.91 Å². The largest absolute Gasteiger partial charge is 0.392 e. The summed E-state index contributed by atoms with van der Waals surface area (Å²) in [4.78, 5) is 31.8. The smallest absolute Gasteiger partial charge is 0.251 e. The summed E-state index contributed by atoms with van der Waals surface area (Å²) >= 11 is 0. The summed E-state index contributed by atoms with van der Waals surface area (Å²) in [6.45, 7) is 8.84. The maximum Gasteiger partial charge on any atom is 0.251 e. The van der Waals surface area contributed by atoms with Crippen molar-refractivity contribution in [3.63, 3.8) is 0 Å². The number of ether oxygens (including phenoxy) is 1. The van der Waals surface area contributed by atoms with E-state index in [1.165, 1.54) is 0 Å². The fraction of sp³-hybridized carbons (Fsp3) is 0.720. The Morgan fingerprint density at radius 1 is 1.22 bits per heavy atom. The lowest BCUT2D eigenvalue weighted by atomic mass is 9.51. The molecule has 2 heterocycles. The van der Waals surface area contributed by atoms with E-state index < -0.39 is 6.10 Å². The number of aliphatic hydroxyl groups is 1. The van der Waals surface area contributed by atoms with Gasteiger partial charge in [0.1, 0.15) is 0 Å². The highest BCUT2D eigenvalue weighted by molar-refractivity contribution is 5.94. The first-order valence-corrected chi connectivity index (χ1v) is 12.1. The highest BCUT2D eigenvalue weighted by atomic mass is 16.5. The van der Waals surface area contributed by atoms with E-state index in [-0.39, 0.29) is 46.9 Å². The number of hydrogen-bond donors (Lipinski definition) is 2. The van der Waals surface area contributed by atoms with Crippen LogP contribution < -0.4 is 5.32 Å². The van der Waals surface area contributed by atoms with Crippen molar-refractivity contribution in [2.75, 3.05) is 26.3 Å². The van der Waals surface area contributed by atoms with Crippen molar-refractivity contribution in [3.8, 4) is 0 Å². The standard InChI is InChI=1S/C25H37N3O4/c1-16(24(31)28-12-14-32-15-13-28)19-4-8-25(3)9-5-20(17(2)21(25)22(19)29)27-23(30)18-6-10-26-11-7-18/h6-7,10-11,16-17,19-22,29H,4-5,8-9,12-15H2,1-3H3,(H,27,30)/t16-,17-,19-,20-,21+,22-,25+/m0/s1. The number of nitrogens with one attached hydrogen (secondary N) is 1. The molecule has 2 aliphatic carbocycles. The summed E-state index contributed by atoms with van der Waals surface area (Å²) in [5.74, 6) is -0.0506. The van der Waals surface area contributed by atoms with Crippen LogP contribution in [0.3, 0.4) is 0 Å². The third-order valence-electron chi connectivity index (χ3n) is 8.50. The van der Waals surface area contributed by atoms with Crippen molar-refractivity contribution in [2.45, 2.75) is 58.6 Å². The van der Waals surface area contributed by atoms with Gasteiger partial charge in [-0.15, -0.1) is 0 Å². The molecule has 3 aliphatic rings. The minimum absolute atomic E-state index is 0.00684. The molecule has 2 amide bonds. The van der Waals surface area contributed by atoms with E-state index in [0.717, 1.165) is 25.7 Å². The number of aromatic nitrogens is 1. The monoisotopic (exact) mass is 443 g/mol. The van der Waals surface area contributed by atoms with Gasteiger partial charge in [0.15, 0.2) is 0 Å². The van der Waals surface area contributed by atoms with Crippen LogP contribution in [-0.2, 0) is 9.53 Å². The van der Waals surface area contributed by atoms with Crippen LogP contribution in [-0.4, -0.2) is 65.3 Å². The second kappa shape index (κ2) is 9.48. The average molecular weight is 444 g/mol. The van der Waals surface area contributed by atoms with Crippen LogP contribution in [0.5, 0.6) is 0 Å². The Bertz CT molecular complexity index is 813. The van der Waals surface area contributed by atoms with Crippen LogP contribution in [0.25, 0.3) is 0 Å². The summed E-state index contributed by atoms with van der Waals surface area (Å²) in [6, 6.07) is 3.45. The third kappa shape index (κ3) is 4.42. The topological polar surface area (TPSA) is 91.8 Å². The molecule has 3 fully saturated rings. The van der Waals surface area contributed by atoms with E-state index in [0.29, 0.717) is 31.9 Å². The second-order valence-electron chi connectivity index (χ2n) is 10.3. The SMILES string of the molecule is C[C@@H]1[C@@H]2[C@@H](O)[C@H]([C@H](C)C(=O)N3CCOCC3)CC[C@]2(C)CC[C@@H]1NC(=O)c1ccncc1. The summed E-state index contributed by atoms with van der Waals surface area (Å²) in [5.41, 5.74) is 0.641. The lowest BCUT2D eigenvalue weighted by molar-refractivity contribution is -0.153. The molecule has 0 spiro atoms. The molecule has 1 aliphatic heterocycles. The van der Waals surface area contributed by atoms with Gasteiger partial charge in [-0.05, 0) is 61.0 Å². The number of carbonyl (C=O) groups is 2. The molecule has 4 rings (SSSR count). The molecule has 7 nitrogen and oxygen atoms in total. The van der Waals surface area contributed by atoms with Gasteiger partial charge in [0.2, 0.25) is 5.91 Å². The minimum Gasteiger partial charge on any atom is -0.392 e. The Labute approximate surface area is 190 Å². The molecule has 0 bridgehead atoms. The highest BCUT2D eigenvalue weighted by Crippen LogP contribution is 2.55. The summed E-state index contributed by atoms with van der Waals surface area (Å²) in [6.07, 6.45) is 6.45. The van der Waals surface area contributed by atoms with Crippen LogP contribution >= 0.6 is 0 Å². The first kappa shape index (κ1) is 23.2. The lowest BCUT2D eigenvalue weighted by Gasteiger charge is -2.56. The Kier molecular flexibility index (Phi) is 6.86. The molecular weight excluding hydrogens is 406 g/mol. The molecule has 0 aromatic carbocycles. The molecular formula is C25H37N3O4. The number of pyridine rings is 1. The van der Waals surface area contributed by atoms with Crippen molar-refractivity contribution < 1.29 is 19.4 Å². The number of carbonyl (C=O) groups excluding carboxylic acids is 2. The highest BCUT2D eigenvalue weighted by Gasteiger charge is 2.54. The number of rotatable bonds is 4. The Morgan fingerprint density at radius 3 is 2.56 bits per heavy atom. The van der Waals surface area contributed by atoms with E-state index in [4.69, 9.17) is 4.74 Å². The molecule has 0 radical (unpaired) electrons. The van der Waals surface area contributed by atoms with E-state index in [9.17, 15) is 14.7 Å². The summed E-state index contributed by atoms with van der Waals surface area (Å²) in [7, 11) is 0. The molecule has 7 atom stereocenters. The van der Waals surface area contributed by atoms with Gasteiger partial charge in [-0.25, -0.2) is 0 Å². The molecule has 1 aromatic rings. The van der Waals surface area contributed by atoms with Crippen LogP contribution in [0, 0.1) is 29.1 Å². The maximum atomic E-state index is 13.1. The number of hydrogen-bond acceptors (Lipinski definition) is 5. The van der Waals surface area contributed by atoms with Gasteiger partial charge < -0.3 is 20.1 Å². The predicted molar refractivity (Wildman–Crippen MR) is 121 cm³/mol. The third-order valence-corrected chi connectivity index (χ3v) is 8.50. The maximum absolute atomic E-state index is 13.1. The minimum atomic E-state index is -0.552. The van der Waals surface area contributed by atoms with Gasteiger partial charge in [-0.1, -0.05) is 20.8 Å². The molecule has 1 saturated heterocycles. The van der Waals surface area contributed by atoms with Gasteiger partial charge in [-0.2, -0.15) is 0 Å². The van der Waals surface area contributed by atoms with Crippen molar-refractivity contribution in [1.29, 1.82) is 0 Å². The lowest BCUT2D eigenvalue weighted by Crippen LogP contribution is -2.59. The number of morpholine rings is 1. The van der Waals surface area contributed by atoms with Crippen molar-refractivity contribution in [1.82, 2.24) is 15.2 Å². The first-order valence-electron chi connectivity index (χ1n) is 12.1. The first-order chi connectivity index (χ1) is 15.3. The zero-order valence-corrected chi connectivity index (χ0v) is 19.5. The number of fused-ring (bicyclic) bond motifs is 1. The van der Waals surface area contributed by atoms with Crippen LogP contribution in [0.4, 0.5) is 0 Å². The Balaban J connectivity index is 1.47. The van der Waals surface area contributed by atoms with Crippen LogP contribution in [0.1, 0.15) is 56.8 Å². The van der Waals surface area contributed by atoms with Crippen molar-refractivity contribution in [3.05, 3.63) is 30.1 Å². The summed E-state index contributed by atoms with van der Waals surface area (Å²) in [5, 5.41) is 14.8. The van der Waals surface area contributed by atoms with Gasteiger partial charge in [-0.3, -0.25) is 14.6 Å². The Hall–Kier alpha value is -1.99. The van der Waals surface area contributed by atoms with Crippen LogP contribution in [0.2, 0.25) is 0 Å². The van der Waals surface area contributed by atoms with Gasteiger partial charge >= 0.3 is 0 Å². The molecule has 7 heteroatoms. The zero-order valence-electron chi connectivity index (χ0n) is 19.5. The molecule has 2 saturated carbocycles.